The molecule has 0 saturated heterocycles. The van der Waals surface area contributed by atoms with Gasteiger partial charge in [-0.3, -0.25) is 4.79 Å². The average Bonchev–Trinajstić information content (AvgIpc) is 2.36. The van der Waals surface area contributed by atoms with E-state index in [2.05, 4.69) is 31.1 Å². The first kappa shape index (κ1) is 18.4. The zero-order chi connectivity index (χ0) is 14.9. The molecule has 0 radical (unpaired) electrons. The summed E-state index contributed by atoms with van der Waals surface area (Å²) in [6.07, 6.45) is 2.69. The maximum atomic E-state index is 11.7. The van der Waals surface area contributed by atoms with Gasteiger partial charge in [0.2, 0.25) is 5.91 Å². The Morgan fingerprint density at radius 2 is 2.16 bits per heavy atom. The summed E-state index contributed by atoms with van der Waals surface area (Å²) in [7, 11) is 3.78. The molecule has 2 unspecified atom stereocenters. The van der Waals surface area contributed by atoms with E-state index in [1.54, 1.807) is 7.11 Å². The zero-order valence-corrected chi connectivity index (χ0v) is 13.2. The molecule has 1 amide bonds. The summed E-state index contributed by atoms with van der Waals surface area (Å²) in [5.41, 5.74) is 4.91. The van der Waals surface area contributed by atoms with Crippen LogP contribution in [-0.4, -0.2) is 56.2 Å². The van der Waals surface area contributed by atoms with Crippen LogP contribution in [0.3, 0.4) is 0 Å². The predicted molar refractivity (Wildman–Crippen MR) is 79.1 cm³/mol. The van der Waals surface area contributed by atoms with Gasteiger partial charge in [-0.05, 0) is 46.7 Å². The molecule has 0 aliphatic heterocycles. The maximum absolute atomic E-state index is 11.7. The minimum atomic E-state index is -0.634. The third kappa shape index (κ3) is 6.89. The molecule has 2 atom stereocenters. The van der Waals surface area contributed by atoms with E-state index in [-0.39, 0.29) is 5.91 Å². The van der Waals surface area contributed by atoms with Crippen LogP contribution in [0.2, 0.25) is 0 Å². The van der Waals surface area contributed by atoms with Gasteiger partial charge < -0.3 is 20.7 Å². The number of nitrogens with one attached hydrogen (secondary N) is 1. The van der Waals surface area contributed by atoms with Gasteiger partial charge in [0.05, 0.1) is 5.54 Å². The molecule has 5 heteroatoms. The van der Waals surface area contributed by atoms with E-state index in [1.807, 2.05) is 6.92 Å². The van der Waals surface area contributed by atoms with E-state index in [1.165, 1.54) is 0 Å². The van der Waals surface area contributed by atoms with Gasteiger partial charge in [0.1, 0.15) is 0 Å². The van der Waals surface area contributed by atoms with Crippen LogP contribution >= 0.6 is 0 Å². The second-order valence-corrected chi connectivity index (χ2v) is 5.50. The number of carbonyl (C=O) groups excluding carboxylic acids is 1. The molecule has 0 fully saturated rings. The number of hydrogen-bond donors (Lipinski definition) is 2. The summed E-state index contributed by atoms with van der Waals surface area (Å²) in [4.78, 5) is 13.9. The van der Waals surface area contributed by atoms with Gasteiger partial charge in [-0.1, -0.05) is 6.92 Å². The average molecular weight is 273 g/mol. The lowest BCUT2D eigenvalue weighted by molar-refractivity contribution is -0.124. The highest BCUT2D eigenvalue weighted by atomic mass is 16.5. The molecule has 0 spiro atoms. The number of methoxy groups -OCH3 is 1. The molecule has 114 valence electrons. The van der Waals surface area contributed by atoms with Crippen molar-refractivity contribution in [1.82, 2.24) is 10.2 Å². The van der Waals surface area contributed by atoms with Gasteiger partial charge in [0.15, 0.2) is 0 Å². The van der Waals surface area contributed by atoms with Crippen molar-refractivity contribution < 1.29 is 9.53 Å². The van der Waals surface area contributed by atoms with Crippen molar-refractivity contribution in [3.05, 3.63) is 0 Å². The summed E-state index contributed by atoms with van der Waals surface area (Å²) < 4.78 is 5.05. The van der Waals surface area contributed by atoms with E-state index in [9.17, 15) is 4.79 Å². The number of primary amides is 1. The highest BCUT2D eigenvalue weighted by molar-refractivity contribution is 5.84. The Balaban J connectivity index is 4.36. The Morgan fingerprint density at radius 3 is 2.63 bits per heavy atom. The minimum absolute atomic E-state index is 0.280. The predicted octanol–water partition coefficient (Wildman–Crippen LogP) is 0.977. The third-order valence-electron chi connectivity index (χ3n) is 3.62. The van der Waals surface area contributed by atoms with E-state index >= 15 is 0 Å². The van der Waals surface area contributed by atoms with Crippen LogP contribution in [0.4, 0.5) is 0 Å². The summed E-state index contributed by atoms with van der Waals surface area (Å²) in [5, 5.41) is 3.27. The molecule has 0 aliphatic carbocycles. The summed E-state index contributed by atoms with van der Waals surface area (Å²) in [5.74, 6) is -0.280. The fourth-order valence-electron chi connectivity index (χ4n) is 2.09. The highest BCUT2D eigenvalue weighted by Crippen LogP contribution is 2.15. The van der Waals surface area contributed by atoms with Crippen LogP contribution in [0.25, 0.3) is 0 Å². The van der Waals surface area contributed by atoms with Crippen LogP contribution < -0.4 is 11.1 Å². The smallest absolute Gasteiger partial charge is 0.237 e. The van der Waals surface area contributed by atoms with Gasteiger partial charge in [-0.2, -0.15) is 0 Å². The van der Waals surface area contributed by atoms with Crippen molar-refractivity contribution in [2.24, 2.45) is 5.73 Å². The SMILES string of the molecule is CCCNC(C)(CC(C)N(C)CCCOC)C(N)=O. The van der Waals surface area contributed by atoms with Gasteiger partial charge >= 0.3 is 0 Å². The lowest BCUT2D eigenvalue weighted by Crippen LogP contribution is -2.56. The standard InChI is InChI=1S/C14H31N3O2/c1-6-8-16-14(3,13(15)18)11-12(2)17(4)9-7-10-19-5/h12,16H,6-11H2,1-5H3,(H2,15,18). The molecule has 0 aromatic carbocycles. The number of carbonyl (C=O) groups is 1. The number of rotatable bonds is 11. The first-order valence-corrected chi connectivity index (χ1v) is 7.11. The van der Waals surface area contributed by atoms with Crippen LogP contribution in [0.15, 0.2) is 0 Å². The van der Waals surface area contributed by atoms with Crippen LogP contribution in [-0.2, 0) is 9.53 Å². The van der Waals surface area contributed by atoms with Gasteiger partial charge in [-0.15, -0.1) is 0 Å². The maximum Gasteiger partial charge on any atom is 0.237 e. The normalized spacial score (nSPS) is 16.3. The zero-order valence-electron chi connectivity index (χ0n) is 13.2. The molecule has 19 heavy (non-hydrogen) atoms. The van der Waals surface area contributed by atoms with Crippen LogP contribution in [0.5, 0.6) is 0 Å². The van der Waals surface area contributed by atoms with Gasteiger partial charge in [0, 0.05) is 26.3 Å². The van der Waals surface area contributed by atoms with Gasteiger partial charge in [-0.25, -0.2) is 0 Å². The van der Waals surface area contributed by atoms with E-state index < -0.39 is 5.54 Å². The molecule has 0 heterocycles. The summed E-state index contributed by atoms with van der Waals surface area (Å²) in [6, 6.07) is 0.290. The van der Waals surface area contributed by atoms with Crippen LogP contribution in [0, 0.1) is 0 Å². The number of nitrogens with two attached hydrogens (primary N) is 1. The van der Waals surface area contributed by atoms with Crippen molar-refractivity contribution in [1.29, 1.82) is 0 Å². The molecule has 0 bridgehead atoms. The quantitative estimate of drug-likeness (QED) is 0.551. The van der Waals surface area contributed by atoms with Crippen molar-refractivity contribution in [3.63, 3.8) is 0 Å². The number of amides is 1. The number of nitrogens with zero attached hydrogens (tertiary/aromatic N) is 1. The van der Waals surface area contributed by atoms with Crippen molar-refractivity contribution in [2.75, 3.05) is 33.9 Å². The highest BCUT2D eigenvalue weighted by Gasteiger charge is 2.32. The second kappa shape index (κ2) is 9.28. The summed E-state index contributed by atoms with van der Waals surface area (Å²) in [6.45, 7) is 8.62. The first-order valence-electron chi connectivity index (χ1n) is 7.11. The number of ether oxygens (including phenoxy) is 1. The monoisotopic (exact) mass is 273 g/mol. The third-order valence-corrected chi connectivity index (χ3v) is 3.62. The molecule has 0 aromatic heterocycles. The minimum Gasteiger partial charge on any atom is -0.385 e. The van der Waals surface area contributed by atoms with Crippen LogP contribution in [0.1, 0.15) is 40.0 Å². The number of hydrogen-bond acceptors (Lipinski definition) is 4. The topological polar surface area (TPSA) is 67.6 Å². The molecular formula is C14H31N3O2. The summed E-state index contributed by atoms with van der Waals surface area (Å²) >= 11 is 0. The van der Waals surface area contributed by atoms with Crippen molar-refractivity contribution in [3.8, 4) is 0 Å². The second-order valence-electron chi connectivity index (χ2n) is 5.50. The molecular weight excluding hydrogens is 242 g/mol. The molecule has 0 aromatic rings. The largest absolute Gasteiger partial charge is 0.385 e. The Labute approximate surface area is 117 Å². The molecule has 0 aliphatic rings. The van der Waals surface area contributed by atoms with Crippen molar-refractivity contribution in [2.45, 2.75) is 51.6 Å². The van der Waals surface area contributed by atoms with E-state index in [0.717, 1.165) is 32.5 Å². The first-order chi connectivity index (χ1) is 8.87. The molecule has 3 N–H and O–H groups in total. The lowest BCUT2D eigenvalue weighted by atomic mass is 9.92. The molecule has 0 saturated carbocycles. The fraction of sp³-hybridized carbons (Fsp3) is 0.929. The Hall–Kier alpha value is -0.650. The Bertz CT molecular complexity index is 261. The lowest BCUT2D eigenvalue weighted by Gasteiger charge is -2.34. The van der Waals surface area contributed by atoms with Crippen molar-refractivity contribution >= 4 is 5.91 Å². The molecule has 5 nitrogen and oxygen atoms in total. The molecule has 0 rings (SSSR count). The van der Waals surface area contributed by atoms with E-state index in [0.29, 0.717) is 12.5 Å². The van der Waals surface area contributed by atoms with E-state index in [4.69, 9.17) is 10.5 Å². The Kier molecular flexibility index (Phi) is 8.97. The van der Waals surface area contributed by atoms with Gasteiger partial charge in [0.25, 0.3) is 0 Å². The Morgan fingerprint density at radius 1 is 1.53 bits per heavy atom. The fourth-order valence-corrected chi connectivity index (χ4v) is 2.09.